The van der Waals surface area contributed by atoms with Gasteiger partial charge in [-0.2, -0.15) is 0 Å². The molecule has 0 spiro atoms. The van der Waals surface area contributed by atoms with E-state index in [1.54, 1.807) is 42.7 Å². The Balaban J connectivity index is 1.35. The number of rotatable bonds is 10. The second kappa shape index (κ2) is 16.3. The lowest BCUT2D eigenvalue weighted by Crippen LogP contribution is -2.52. The Kier molecular flexibility index (Phi) is 12.2. The van der Waals surface area contributed by atoms with Gasteiger partial charge in [-0.25, -0.2) is 18.8 Å². The fraction of sp³-hybridized carbons (Fsp3) is 0.424. The maximum Gasteiger partial charge on any atom is 0.414 e. The number of aromatic nitrogens is 1. The summed E-state index contributed by atoms with van der Waals surface area (Å²) in [5.74, 6) is -0.722. The van der Waals surface area contributed by atoms with E-state index in [1.165, 1.54) is 24.1 Å². The minimum Gasteiger partial charge on any atom is -0.447 e. The van der Waals surface area contributed by atoms with Crippen molar-refractivity contribution < 1.29 is 37.6 Å². The SMILES string of the molecule is CN(C(=O)NCc1cccc(F)c1Cl)[C@@H](CCC(=O)N1CCN(C(=O)OC(C)(C)C)CC1)COC(=O)Nc1cc(-c2ccccc2)no1. The second-order valence-corrected chi connectivity index (χ2v) is 12.6. The first-order chi connectivity index (χ1) is 22.8. The molecule has 1 saturated heterocycles. The van der Waals surface area contributed by atoms with Crippen LogP contribution in [0.2, 0.25) is 5.02 Å². The summed E-state index contributed by atoms with van der Waals surface area (Å²) in [6.45, 7) is 6.37. The zero-order valence-corrected chi connectivity index (χ0v) is 28.1. The van der Waals surface area contributed by atoms with Crippen molar-refractivity contribution in [2.75, 3.05) is 45.2 Å². The normalized spacial score (nSPS) is 13.8. The summed E-state index contributed by atoms with van der Waals surface area (Å²) in [5, 5.41) is 9.02. The van der Waals surface area contributed by atoms with Gasteiger partial charge >= 0.3 is 18.2 Å². The number of benzene rings is 2. The number of halogens is 2. The van der Waals surface area contributed by atoms with Crippen LogP contribution in [0, 0.1) is 5.82 Å². The number of likely N-dealkylation sites (N-methyl/N-ethyl adjacent to an activating group) is 1. The number of carbonyl (C=O) groups excluding carboxylic acids is 4. The summed E-state index contributed by atoms with van der Waals surface area (Å²) in [7, 11) is 1.50. The first-order valence-electron chi connectivity index (χ1n) is 15.5. The van der Waals surface area contributed by atoms with Crippen LogP contribution >= 0.6 is 11.6 Å². The molecule has 258 valence electrons. The number of anilines is 1. The third kappa shape index (κ3) is 10.3. The van der Waals surface area contributed by atoms with E-state index in [1.807, 2.05) is 30.3 Å². The smallest absolute Gasteiger partial charge is 0.414 e. The Hall–Kier alpha value is -4.85. The molecule has 1 fully saturated rings. The Morgan fingerprint density at radius 2 is 1.73 bits per heavy atom. The number of urea groups is 1. The number of amides is 5. The second-order valence-electron chi connectivity index (χ2n) is 12.2. The van der Waals surface area contributed by atoms with Gasteiger partial charge in [-0.3, -0.25) is 10.1 Å². The molecule has 1 aliphatic rings. The van der Waals surface area contributed by atoms with E-state index in [-0.39, 0.29) is 42.8 Å². The van der Waals surface area contributed by atoms with Gasteiger partial charge in [-0.05, 0) is 38.8 Å². The number of hydrogen-bond acceptors (Lipinski definition) is 8. The van der Waals surface area contributed by atoms with Crippen molar-refractivity contribution in [2.24, 2.45) is 0 Å². The van der Waals surface area contributed by atoms with Crippen LogP contribution in [-0.2, 0) is 20.8 Å². The lowest BCUT2D eigenvalue weighted by atomic mass is 10.1. The monoisotopic (exact) mass is 686 g/mol. The topological polar surface area (TPSA) is 147 Å². The van der Waals surface area contributed by atoms with Crippen LogP contribution in [0.5, 0.6) is 0 Å². The minimum absolute atomic E-state index is 0.0397. The summed E-state index contributed by atoms with van der Waals surface area (Å²) >= 11 is 6.03. The summed E-state index contributed by atoms with van der Waals surface area (Å²) in [6, 6.07) is 13.8. The molecule has 5 amide bonds. The van der Waals surface area contributed by atoms with Gasteiger partial charge in [0.1, 0.15) is 23.7 Å². The van der Waals surface area contributed by atoms with E-state index in [0.29, 0.717) is 37.4 Å². The Morgan fingerprint density at radius 3 is 2.42 bits per heavy atom. The molecule has 1 aromatic heterocycles. The van der Waals surface area contributed by atoms with Crippen molar-refractivity contribution in [3.05, 3.63) is 71.0 Å². The molecule has 2 heterocycles. The average molecular weight is 687 g/mol. The largest absolute Gasteiger partial charge is 0.447 e. The molecule has 2 N–H and O–H groups in total. The Bertz CT molecular complexity index is 1570. The minimum atomic E-state index is -0.847. The summed E-state index contributed by atoms with van der Waals surface area (Å²) < 4.78 is 30.0. The van der Waals surface area contributed by atoms with Gasteiger partial charge in [0.05, 0.1) is 11.1 Å². The highest BCUT2D eigenvalue weighted by atomic mass is 35.5. The summed E-state index contributed by atoms with van der Waals surface area (Å²) in [6.07, 6.45) is -1.08. The van der Waals surface area contributed by atoms with E-state index in [9.17, 15) is 23.6 Å². The van der Waals surface area contributed by atoms with Gasteiger partial charge in [0.25, 0.3) is 0 Å². The molecule has 0 radical (unpaired) electrons. The molecular weight excluding hydrogens is 647 g/mol. The lowest BCUT2D eigenvalue weighted by molar-refractivity contribution is -0.133. The van der Waals surface area contributed by atoms with E-state index in [2.05, 4.69) is 15.8 Å². The van der Waals surface area contributed by atoms with E-state index in [0.717, 1.165) is 5.56 Å². The molecule has 0 saturated carbocycles. The number of hydrogen-bond donors (Lipinski definition) is 2. The van der Waals surface area contributed by atoms with Crippen molar-refractivity contribution in [2.45, 2.75) is 51.8 Å². The molecule has 1 aliphatic heterocycles. The molecule has 13 nitrogen and oxygen atoms in total. The van der Waals surface area contributed by atoms with Crippen molar-refractivity contribution in [3.8, 4) is 11.3 Å². The molecule has 1 atom stereocenters. The van der Waals surface area contributed by atoms with Crippen LogP contribution in [0.25, 0.3) is 11.3 Å². The number of ether oxygens (including phenoxy) is 2. The molecule has 2 aromatic carbocycles. The predicted octanol–water partition coefficient (Wildman–Crippen LogP) is 5.75. The van der Waals surface area contributed by atoms with Crippen molar-refractivity contribution >= 4 is 41.6 Å². The van der Waals surface area contributed by atoms with E-state index < -0.39 is 35.7 Å². The highest BCUT2D eigenvalue weighted by Crippen LogP contribution is 2.22. The number of piperazine rings is 1. The first kappa shape index (κ1) is 36.0. The van der Waals surface area contributed by atoms with Crippen LogP contribution < -0.4 is 10.6 Å². The fourth-order valence-corrected chi connectivity index (χ4v) is 5.03. The van der Waals surface area contributed by atoms with Crippen LogP contribution in [0.15, 0.2) is 59.1 Å². The number of carbonyl (C=O) groups is 4. The highest BCUT2D eigenvalue weighted by molar-refractivity contribution is 6.31. The molecule has 0 unspecified atom stereocenters. The molecule has 0 bridgehead atoms. The van der Waals surface area contributed by atoms with Crippen LogP contribution in [0.4, 0.5) is 24.7 Å². The third-order valence-electron chi connectivity index (χ3n) is 7.52. The Labute approximate surface area is 283 Å². The maximum absolute atomic E-state index is 13.9. The lowest BCUT2D eigenvalue weighted by Gasteiger charge is -2.36. The summed E-state index contributed by atoms with van der Waals surface area (Å²) in [5.41, 5.74) is 1.07. The maximum atomic E-state index is 13.9. The molecular formula is C33H40ClFN6O7. The van der Waals surface area contributed by atoms with Crippen LogP contribution in [-0.4, -0.2) is 95.5 Å². The first-order valence-corrected chi connectivity index (χ1v) is 15.8. The van der Waals surface area contributed by atoms with Crippen molar-refractivity contribution in [1.29, 1.82) is 0 Å². The third-order valence-corrected chi connectivity index (χ3v) is 7.94. The fourth-order valence-electron chi connectivity index (χ4n) is 4.84. The standard InChI is InChI=1S/C33H40ClFN6O7/c1-33(2,3)47-32(45)41-17-15-40(16-18-41)28(42)14-13-24(39(4)30(43)36-20-23-11-8-12-25(35)29(23)34)21-46-31(44)37-27-19-26(38-48-27)22-9-6-5-7-10-22/h5-12,19,24H,13-18,20-21H2,1-4H3,(H,36,43)(H,37,44)/t24-/m0/s1. The molecule has 3 aromatic rings. The van der Waals surface area contributed by atoms with Gasteiger partial charge in [-0.15, -0.1) is 0 Å². The molecule has 15 heteroatoms. The zero-order valence-electron chi connectivity index (χ0n) is 27.3. The molecule has 4 rings (SSSR count). The van der Waals surface area contributed by atoms with E-state index in [4.69, 9.17) is 25.6 Å². The van der Waals surface area contributed by atoms with Gasteiger partial charge < -0.3 is 34.0 Å². The predicted molar refractivity (Wildman–Crippen MR) is 176 cm³/mol. The quantitative estimate of drug-likeness (QED) is 0.274. The van der Waals surface area contributed by atoms with Crippen LogP contribution in [0.3, 0.4) is 0 Å². The highest BCUT2D eigenvalue weighted by Gasteiger charge is 2.29. The van der Waals surface area contributed by atoms with Gasteiger partial charge in [0, 0.05) is 57.8 Å². The number of nitrogens with zero attached hydrogens (tertiary/aromatic N) is 4. The Morgan fingerprint density at radius 1 is 1.04 bits per heavy atom. The summed E-state index contributed by atoms with van der Waals surface area (Å²) in [4.78, 5) is 55.9. The van der Waals surface area contributed by atoms with Gasteiger partial charge in [0.15, 0.2) is 0 Å². The van der Waals surface area contributed by atoms with Crippen LogP contribution in [0.1, 0.15) is 39.2 Å². The van der Waals surface area contributed by atoms with Crippen molar-refractivity contribution in [3.63, 3.8) is 0 Å². The average Bonchev–Trinajstić information content (AvgIpc) is 3.53. The van der Waals surface area contributed by atoms with Gasteiger partial charge in [0.2, 0.25) is 11.8 Å². The zero-order chi connectivity index (χ0) is 34.8. The molecule has 48 heavy (non-hydrogen) atoms. The van der Waals surface area contributed by atoms with E-state index >= 15 is 0 Å². The number of nitrogens with one attached hydrogen (secondary N) is 2. The van der Waals surface area contributed by atoms with Crippen molar-refractivity contribution in [1.82, 2.24) is 25.2 Å². The van der Waals surface area contributed by atoms with Gasteiger partial charge in [-0.1, -0.05) is 59.2 Å². The molecule has 0 aliphatic carbocycles.